The van der Waals surface area contributed by atoms with Gasteiger partial charge in [-0.25, -0.2) is 0 Å². The second-order valence-electron chi connectivity index (χ2n) is 19.3. The van der Waals surface area contributed by atoms with Gasteiger partial charge in [0.25, 0.3) is 0 Å². The smallest absolute Gasteiger partial charge is 0.186 e. The van der Waals surface area contributed by atoms with Gasteiger partial charge < -0.3 is 49.6 Å². The number of aliphatic hydroxyl groups is 6. The minimum atomic E-state index is -1.31. The number of allylic oxidation sites excluding steroid dienone is 20. The maximum atomic E-state index is 10.4. The number of rotatable bonds is 14. The van der Waals surface area contributed by atoms with Crippen molar-refractivity contribution in [2.75, 3.05) is 0 Å². The molecule has 0 radical (unpaired) electrons. The zero-order chi connectivity index (χ0) is 46.1. The van der Waals surface area contributed by atoms with E-state index in [9.17, 15) is 30.6 Å². The molecule has 2 fully saturated rings. The van der Waals surface area contributed by atoms with Gasteiger partial charge in [-0.05, 0) is 103 Å². The van der Waals surface area contributed by atoms with E-state index in [1.54, 1.807) is 13.8 Å². The van der Waals surface area contributed by atoms with E-state index >= 15 is 0 Å². The highest BCUT2D eigenvalue weighted by Crippen LogP contribution is 2.44. The first-order valence-corrected chi connectivity index (χ1v) is 22.2. The van der Waals surface area contributed by atoms with Crippen LogP contribution in [0.3, 0.4) is 0 Å². The Labute approximate surface area is 371 Å². The molecular weight excluding hydrogens is 785 g/mol. The van der Waals surface area contributed by atoms with Gasteiger partial charge in [0.15, 0.2) is 12.6 Å². The van der Waals surface area contributed by atoms with Crippen molar-refractivity contribution >= 4 is 0 Å². The monoisotopic (exact) mass is 861 g/mol. The van der Waals surface area contributed by atoms with Crippen LogP contribution in [0.2, 0.25) is 0 Å². The van der Waals surface area contributed by atoms with E-state index in [0.29, 0.717) is 12.8 Å². The van der Waals surface area contributed by atoms with Gasteiger partial charge in [-0.3, -0.25) is 0 Å². The van der Waals surface area contributed by atoms with E-state index in [2.05, 4.69) is 142 Å². The van der Waals surface area contributed by atoms with E-state index in [-0.39, 0.29) is 23.0 Å². The van der Waals surface area contributed by atoms with Gasteiger partial charge in [-0.15, -0.1) is 0 Å². The van der Waals surface area contributed by atoms with E-state index in [1.807, 2.05) is 12.2 Å². The van der Waals surface area contributed by atoms with Gasteiger partial charge in [-0.2, -0.15) is 0 Å². The van der Waals surface area contributed by atoms with Crippen molar-refractivity contribution in [2.24, 2.45) is 10.8 Å². The molecule has 0 aromatic rings. The molecule has 10 nitrogen and oxygen atoms in total. The average Bonchev–Trinajstić information content (AvgIpc) is 3.17. The molecule has 0 aromatic heterocycles. The summed E-state index contributed by atoms with van der Waals surface area (Å²) in [5, 5.41) is 61.4. The normalized spacial score (nSPS) is 35.8. The molecule has 6 N–H and O–H groups in total. The van der Waals surface area contributed by atoms with Crippen molar-refractivity contribution in [3.05, 3.63) is 130 Å². The van der Waals surface area contributed by atoms with Crippen LogP contribution < -0.4 is 0 Å². The Morgan fingerprint density at radius 3 is 1.16 bits per heavy atom. The summed E-state index contributed by atoms with van der Waals surface area (Å²) in [5.41, 5.74) is 9.11. The first kappa shape index (κ1) is 51.4. The number of ether oxygens (including phenoxy) is 4. The third-order valence-electron chi connectivity index (χ3n) is 12.5. The topological polar surface area (TPSA) is 158 Å². The fourth-order valence-corrected chi connectivity index (χ4v) is 8.89. The summed E-state index contributed by atoms with van der Waals surface area (Å²) in [5.74, 6) is 0. The quantitative estimate of drug-likeness (QED) is 0.0940. The van der Waals surface area contributed by atoms with Crippen molar-refractivity contribution < 1.29 is 49.6 Å². The Bertz CT molecular complexity index is 1750. The van der Waals surface area contributed by atoms with Gasteiger partial charge in [-0.1, -0.05) is 146 Å². The second-order valence-corrected chi connectivity index (χ2v) is 19.3. The minimum absolute atomic E-state index is 0.170. The number of hydrogen-bond donors (Lipinski definition) is 6. The Morgan fingerprint density at radius 2 is 0.823 bits per heavy atom. The predicted molar refractivity (Wildman–Crippen MR) is 247 cm³/mol. The highest BCUT2D eigenvalue weighted by atomic mass is 16.7. The molecule has 4 aliphatic rings. The van der Waals surface area contributed by atoms with Gasteiger partial charge >= 0.3 is 0 Å². The van der Waals surface area contributed by atoms with Gasteiger partial charge in [0, 0.05) is 0 Å². The number of aliphatic hydroxyl groups excluding tert-OH is 6. The van der Waals surface area contributed by atoms with Crippen molar-refractivity contribution in [1.82, 2.24) is 0 Å². The Hall–Kier alpha value is -3.26. The van der Waals surface area contributed by atoms with E-state index < -0.39 is 61.4 Å². The summed E-state index contributed by atoms with van der Waals surface area (Å²) in [7, 11) is 0. The SMILES string of the molecule is CC1=C(/C=C/C(C)=C\C=C\C(C)=C\C=C\C=C(C)\C=C\C=C(C)\C=C\C2=C(C)C[C@@H](O[C@@H]3O[C@@H](C)[C@H](O)[C@@H](O)[C@H]3O)CC2(C)C)C(C)(C)C[C@H](O[C@H]2O[C@H](C)[C@@H](O)[C@H](O)[C@@H]2O)C1. The molecule has 0 saturated carbocycles. The Balaban J connectivity index is 1.25. The maximum absolute atomic E-state index is 10.4. The first-order chi connectivity index (χ1) is 29.0. The highest BCUT2D eigenvalue weighted by molar-refractivity contribution is 5.39. The van der Waals surface area contributed by atoms with E-state index in [0.717, 1.165) is 35.1 Å². The summed E-state index contributed by atoms with van der Waals surface area (Å²) in [6.07, 6.45) is 21.1. The van der Waals surface area contributed by atoms with Crippen LogP contribution in [0.5, 0.6) is 0 Å². The van der Waals surface area contributed by atoms with E-state index in [4.69, 9.17) is 18.9 Å². The van der Waals surface area contributed by atoms with Gasteiger partial charge in [0.05, 0.1) is 24.4 Å². The summed E-state index contributed by atoms with van der Waals surface area (Å²) in [6, 6.07) is 0. The molecule has 0 aromatic carbocycles. The summed E-state index contributed by atoms with van der Waals surface area (Å²) in [6.45, 7) is 24.6. The molecule has 2 aliphatic heterocycles. The predicted octanol–water partition coefficient (Wildman–Crippen LogP) is 8.25. The van der Waals surface area contributed by atoms with Crippen LogP contribution in [0.25, 0.3) is 0 Å². The molecule has 0 amide bonds. The largest absolute Gasteiger partial charge is 0.388 e. The fraction of sp³-hybridized carbons (Fsp3) is 0.577. The third-order valence-corrected chi connectivity index (χ3v) is 12.5. The van der Waals surface area contributed by atoms with Crippen LogP contribution >= 0.6 is 0 Å². The second kappa shape index (κ2) is 22.6. The summed E-state index contributed by atoms with van der Waals surface area (Å²) >= 11 is 0. The first-order valence-electron chi connectivity index (χ1n) is 22.2. The molecule has 2 saturated heterocycles. The molecule has 2 heterocycles. The van der Waals surface area contributed by atoms with Crippen LogP contribution in [0.4, 0.5) is 0 Å². The number of hydrogen-bond acceptors (Lipinski definition) is 10. The third kappa shape index (κ3) is 14.1. The van der Waals surface area contributed by atoms with Gasteiger partial charge in [0.2, 0.25) is 0 Å². The lowest BCUT2D eigenvalue weighted by molar-refractivity contribution is -0.305. The maximum Gasteiger partial charge on any atom is 0.186 e. The van der Waals surface area contributed by atoms with Crippen LogP contribution in [0.15, 0.2) is 130 Å². The summed E-state index contributed by atoms with van der Waals surface area (Å²) in [4.78, 5) is 0. The standard InChI is InChI=1S/C52H76O10/c1-31(19-15-21-33(3)23-25-41-35(5)27-39(29-51(41,9)10)61-49-47(57)45(55)43(53)37(7)59-49)17-13-14-18-32(2)20-16-22-34(4)24-26-42-36(6)28-40(30-52(42,11)12)62-50-48(58)46(56)44(54)38(8)60-50/h13-26,37-40,43-50,53-58H,27-30H2,1-12H3/b14-13+,19-15+,20-16+,25-23+,26-24+,31-17+,32-18+,33-21-,34-22+/t37-,38+,39-,40-,43-,44+,45+,46-,47+,48-,49-,50+/m1/s1. The molecule has 12 atom stereocenters. The lowest BCUT2D eigenvalue weighted by Gasteiger charge is -2.43. The highest BCUT2D eigenvalue weighted by Gasteiger charge is 2.46. The molecule has 4 rings (SSSR count). The summed E-state index contributed by atoms with van der Waals surface area (Å²) < 4.78 is 23.7. The Kier molecular flexibility index (Phi) is 18.7. The zero-order valence-electron chi connectivity index (χ0n) is 39.2. The van der Waals surface area contributed by atoms with Crippen LogP contribution in [0, 0.1) is 10.8 Å². The molecule has 344 valence electrons. The molecule has 2 aliphatic carbocycles. The van der Waals surface area contributed by atoms with Crippen LogP contribution in [0.1, 0.15) is 109 Å². The zero-order valence-corrected chi connectivity index (χ0v) is 39.2. The molecule has 10 heteroatoms. The Morgan fingerprint density at radius 1 is 0.500 bits per heavy atom. The van der Waals surface area contributed by atoms with Crippen molar-refractivity contribution in [1.29, 1.82) is 0 Å². The lowest BCUT2D eigenvalue weighted by Crippen LogP contribution is -2.58. The van der Waals surface area contributed by atoms with Crippen LogP contribution in [-0.2, 0) is 18.9 Å². The van der Waals surface area contributed by atoms with E-state index in [1.165, 1.54) is 22.3 Å². The molecular formula is C52H76O10. The molecule has 0 unspecified atom stereocenters. The van der Waals surface area contributed by atoms with Crippen molar-refractivity contribution in [3.8, 4) is 0 Å². The molecule has 0 bridgehead atoms. The minimum Gasteiger partial charge on any atom is -0.388 e. The fourth-order valence-electron chi connectivity index (χ4n) is 8.89. The van der Waals surface area contributed by atoms with Crippen molar-refractivity contribution in [3.63, 3.8) is 0 Å². The van der Waals surface area contributed by atoms with Gasteiger partial charge in [0.1, 0.15) is 36.6 Å². The van der Waals surface area contributed by atoms with Crippen LogP contribution in [-0.4, -0.2) is 104 Å². The average molecular weight is 861 g/mol. The van der Waals surface area contributed by atoms with Crippen molar-refractivity contribution in [2.45, 2.75) is 182 Å². The molecule has 0 spiro atoms. The molecule has 62 heavy (non-hydrogen) atoms. The lowest BCUT2D eigenvalue weighted by atomic mass is 9.71.